The van der Waals surface area contributed by atoms with Crippen molar-refractivity contribution in [2.24, 2.45) is 0 Å². The van der Waals surface area contributed by atoms with Crippen molar-refractivity contribution >= 4 is 22.7 Å². The summed E-state index contributed by atoms with van der Waals surface area (Å²) in [5.74, 6) is 0.854. The van der Waals surface area contributed by atoms with Crippen molar-refractivity contribution in [1.29, 1.82) is 0 Å². The Balaban J connectivity index is 2.24. The van der Waals surface area contributed by atoms with Crippen LogP contribution in [0.3, 0.4) is 0 Å². The summed E-state index contributed by atoms with van der Waals surface area (Å²) in [6, 6.07) is 0. The van der Waals surface area contributed by atoms with Gasteiger partial charge in [-0.25, -0.2) is 0 Å². The number of allylic oxidation sites excluding steroid dienone is 2. The Morgan fingerprint density at radius 1 is 1.50 bits per heavy atom. The first-order valence-corrected chi connectivity index (χ1v) is 6.22. The van der Waals surface area contributed by atoms with Crippen molar-refractivity contribution in [3.8, 4) is 0 Å². The lowest BCUT2D eigenvalue weighted by Gasteiger charge is -2.14. The van der Waals surface area contributed by atoms with Gasteiger partial charge in [0.1, 0.15) is 0 Å². The molecule has 12 heavy (non-hydrogen) atoms. The van der Waals surface area contributed by atoms with Gasteiger partial charge in [0.2, 0.25) is 0 Å². The third-order valence-electron chi connectivity index (χ3n) is 2.00. The van der Waals surface area contributed by atoms with E-state index in [2.05, 4.69) is 4.72 Å². The Labute approximate surface area is 79.1 Å². The number of hydrogen-bond acceptors (Lipinski definition) is 3. The van der Waals surface area contributed by atoms with Crippen molar-refractivity contribution in [1.82, 2.24) is 4.72 Å². The minimum absolute atomic E-state index is 0.700. The molecule has 1 fully saturated rings. The third kappa shape index (κ3) is 1.59. The highest BCUT2D eigenvalue weighted by Crippen LogP contribution is 2.31. The molecule has 0 amide bonds. The second-order valence-electron chi connectivity index (χ2n) is 2.85. The van der Waals surface area contributed by atoms with E-state index in [1.807, 2.05) is 12.3 Å². The van der Waals surface area contributed by atoms with E-state index in [-0.39, 0.29) is 0 Å². The van der Waals surface area contributed by atoms with Gasteiger partial charge >= 0.3 is 0 Å². The monoisotopic (exact) mass is 201 g/mol. The largest absolute Gasteiger partial charge is 0.332 e. The number of hydrogen-bond donors (Lipinski definition) is 1. The van der Waals surface area contributed by atoms with Crippen LogP contribution >= 0.6 is 11.9 Å². The fourth-order valence-corrected chi connectivity index (χ4v) is 3.78. The molecule has 0 aromatic heterocycles. The maximum Gasteiger partial charge on any atom is 0.0500 e. The lowest BCUT2D eigenvalue weighted by molar-refractivity contribution is 0.670. The normalized spacial score (nSPS) is 35.2. The lowest BCUT2D eigenvalue weighted by Crippen LogP contribution is -2.08. The van der Waals surface area contributed by atoms with Crippen molar-refractivity contribution in [2.75, 3.05) is 5.75 Å². The van der Waals surface area contributed by atoms with Crippen molar-refractivity contribution in [3.05, 3.63) is 22.1 Å². The number of nitrogens with one attached hydrogen (secondary N) is 1. The zero-order valence-corrected chi connectivity index (χ0v) is 8.34. The van der Waals surface area contributed by atoms with Gasteiger partial charge in [0, 0.05) is 32.6 Å². The van der Waals surface area contributed by atoms with Crippen molar-refractivity contribution < 1.29 is 4.21 Å². The first-order valence-electron chi connectivity index (χ1n) is 4.08. The highest BCUT2D eigenvalue weighted by atomic mass is 32.2. The summed E-state index contributed by atoms with van der Waals surface area (Å²) < 4.78 is 14.6. The molecule has 2 aliphatic rings. The van der Waals surface area contributed by atoms with E-state index in [1.165, 1.54) is 11.3 Å². The van der Waals surface area contributed by atoms with Gasteiger partial charge in [-0.2, -0.15) is 0 Å². The minimum atomic E-state index is -0.700. The van der Waals surface area contributed by atoms with Crippen LogP contribution in [0, 0.1) is 0 Å². The van der Waals surface area contributed by atoms with Crippen molar-refractivity contribution in [2.45, 2.75) is 19.3 Å². The van der Waals surface area contributed by atoms with Gasteiger partial charge in [-0.15, -0.1) is 0 Å². The molecular formula is C8H11NOS2. The van der Waals surface area contributed by atoms with E-state index in [9.17, 15) is 4.21 Å². The third-order valence-corrected chi connectivity index (χ3v) is 4.62. The number of rotatable bonds is 0. The van der Waals surface area contributed by atoms with Gasteiger partial charge in [0.15, 0.2) is 0 Å². The van der Waals surface area contributed by atoms with Gasteiger partial charge in [0.25, 0.3) is 0 Å². The van der Waals surface area contributed by atoms with Crippen LogP contribution in [0.4, 0.5) is 0 Å². The summed E-state index contributed by atoms with van der Waals surface area (Å²) in [6.07, 6.45) is 7.24. The van der Waals surface area contributed by atoms with Crippen molar-refractivity contribution in [3.63, 3.8) is 0 Å². The van der Waals surface area contributed by atoms with Gasteiger partial charge in [-0.05, 0) is 37.3 Å². The van der Waals surface area contributed by atoms with Gasteiger partial charge in [0.05, 0.1) is 0 Å². The zero-order chi connectivity index (χ0) is 8.39. The smallest absolute Gasteiger partial charge is 0.0500 e. The van der Waals surface area contributed by atoms with Crippen LogP contribution in [0.1, 0.15) is 19.3 Å². The summed E-state index contributed by atoms with van der Waals surface area (Å²) in [5, 5.41) is 0. The molecular weight excluding hydrogens is 190 g/mol. The molecule has 0 aromatic carbocycles. The average Bonchev–Trinajstić information content (AvgIpc) is 2.57. The maximum absolute atomic E-state index is 11.6. The lowest BCUT2D eigenvalue weighted by atomic mass is 10.2. The Hall–Kier alpha value is -0.220. The Kier molecular flexibility index (Phi) is 2.56. The Morgan fingerprint density at radius 3 is 3.08 bits per heavy atom. The molecule has 2 nitrogen and oxygen atoms in total. The molecule has 0 aromatic rings. The van der Waals surface area contributed by atoms with Crippen LogP contribution in [-0.4, -0.2) is 9.96 Å². The fraction of sp³-hybridized carbons (Fsp3) is 0.500. The molecule has 0 radical (unpaired) electrons. The molecule has 66 valence electrons. The molecule has 1 saturated heterocycles. The predicted molar refractivity (Wildman–Crippen MR) is 53.8 cm³/mol. The van der Waals surface area contributed by atoms with E-state index in [0.29, 0.717) is 0 Å². The molecule has 1 N–H and O–H groups in total. The molecule has 0 bridgehead atoms. The van der Waals surface area contributed by atoms with E-state index in [4.69, 9.17) is 0 Å². The molecule has 0 aliphatic carbocycles. The zero-order valence-electron chi connectivity index (χ0n) is 6.71. The Morgan fingerprint density at radius 2 is 2.42 bits per heavy atom. The van der Waals surface area contributed by atoms with E-state index >= 15 is 0 Å². The molecule has 1 atom stereocenters. The van der Waals surface area contributed by atoms with Crippen LogP contribution in [0.5, 0.6) is 0 Å². The average molecular weight is 201 g/mol. The second kappa shape index (κ2) is 3.66. The molecule has 1 unspecified atom stereocenters. The van der Waals surface area contributed by atoms with Crippen LogP contribution in [0.15, 0.2) is 22.1 Å². The topological polar surface area (TPSA) is 29.1 Å². The van der Waals surface area contributed by atoms with E-state index in [0.717, 1.165) is 23.5 Å². The van der Waals surface area contributed by atoms with Gasteiger partial charge < -0.3 is 4.72 Å². The van der Waals surface area contributed by atoms with Crippen LogP contribution in [-0.2, 0) is 10.8 Å². The summed E-state index contributed by atoms with van der Waals surface area (Å²) in [7, 11) is -0.700. The SMILES string of the molecule is O=S1CCCC/C1=C1\C=CNS1. The van der Waals surface area contributed by atoms with Crippen LogP contribution in [0.2, 0.25) is 0 Å². The second-order valence-corrected chi connectivity index (χ2v) is 5.32. The highest BCUT2D eigenvalue weighted by molar-refractivity contribution is 8.02. The first-order chi connectivity index (χ1) is 5.88. The van der Waals surface area contributed by atoms with Gasteiger partial charge in [-0.3, -0.25) is 4.21 Å². The maximum atomic E-state index is 11.6. The standard InChI is InChI=1S/C8H11NOS2/c10-12-6-2-1-3-8(12)7-4-5-9-11-7/h4-5,9H,1-3,6H2/b8-7-. The van der Waals surface area contributed by atoms with Crippen LogP contribution < -0.4 is 4.72 Å². The predicted octanol–water partition coefficient (Wildman–Crippen LogP) is 1.90. The Bertz CT molecular complexity index is 270. The molecule has 0 spiro atoms. The quantitative estimate of drug-likeness (QED) is 0.607. The summed E-state index contributed by atoms with van der Waals surface area (Å²) in [6.45, 7) is 0. The molecule has 2 heterocycles. The summed E-state index contributed by atoms with van der Waals surface area (Å²) in [5.41, 5.74) is 0. The molecule has 2 aliphatic heterocycles. The van der Waals surface area contributed by atoms with E-state index < -0.39 is 10.8 Å². The summed E-state index contributed by atoms with van der Waals surface area (Å²) in [4.78, 5) is 2.32. The highest BCUT2D eigenvalue weighted by Gasteiger charge is 2.18. The van der Waals surface area contributed by atoms with Gasteiger partial charge in [-0.1, -0.05) is 0 Å². The molecule has 2 rings (SSSR count). The first kappa shape index (κ1) is 8.38. The van der Waals surface area contributed by atoms with E-state index in [1.54, 1.807) is 11.9 Å². The fourth-order valence-electron chi connectivity index (χ4n) is 1.38. The minimum Gasteiger partial charge on any atom is -0.332 e. The molecule has 0 saturated carbocycles. The van der Waals surface area contributed by atoms with Crippen LogP contribution in [0.25, 0.3) is 0 Å². The summed E-state index contributed by atoms with van der Waals surface area (Å²) >= 11 is 1.58. The molecule has 4 heteroatoms.